The Bertz CT molecular complexity index is 255. The molecule has 0 N–H and O–H groups in total. The minimum absolute atomic E-state index is 0.237. The molecule has 76 valence electrons. The molecule has 3 nitrogen and oxygen atoms in total. The van der Waals surface area contributed by atoms with Crippen LogP contribution in [0.2, 0.25) is 0 Å². The molecule has 0 heterocycles. The fourth-order valence-corrected chi connectivity index (χ4v) is 1.84. The molecule has 0 bridgehead atoms. The number of hydrogen-bond donors (Lipinski definition) is 0. The maximum absolute atomic E-state index is 8.68. The molecule has 0 aromatic heterocycles. The van der Waals surface area contributed by atoms with E-state index in [0.717, 1.165) is 32.4 Å². The molecule has 0 saturated heterocycles. The van der Waals surface area contributed by atoms with Gasteiger partial charge < -0.3 is 0 Å². The molecular weight excluding hydrogens is 174 g/mol. The van der Waals surface area contributed by atoms with E-state index in [9.17, 15) is 0 Å². The van der Waals surface area contributed by atoms with E-state index in [0.29, 0.717) is 13.0 Å². The summed E-state index contributed by atoms with van der Waals surface area (Å²) in [6, 6.07) is 4.44. The molecule has 1 aliphatic carbocycles. The molecule has 1 aliphatic rings. The predicted molar refractivity (Wildman–Crippen MR) is 54.2 cm³/mol. The largest absolute Gasteiger partial charge is 0.290 e. The van der Waals surface area contributed by atoms with E-state index in [1.807, 2.05) is 0 Å². The van der Waals surface area contributed by atoms with Crippen molar-refractivity contribution < 1.29 is 0 Å². The summed E-state index contributed by atoms with van der Waals surface area (Å²) in [5.74, 6) is 0. The van der Waals surface area contributed by atoms with Gasteiger partial charge in [0, 0.05) is 13.0 Å². The molecule has 0 aromatic rings. The third-order valence-corrected chi connectivity index (χ3v) is 2.80. The van der Waals surface area contributed by atoms with Crippen LogP contribution in [0.4, 0.5) is 0 Å². The number of nitriles is 2. The quantitative estimate of drug-likeness (QED) is 0.603. The average Bonchev–Trinajstić information content (AvgIpc) is 2.86. The first kappa shape index (κ1) is 11.0. The van der Waals surface area contributed by atoms with Crippen LogP contribution in [0.25, 0.3) is 0 Å². The minimum Gasteiger partial charge on any atom is -0.290 e. The maximum atomic E-state index is 8.68. The first-order chi connectivity index (χ1) is 6.76. The lowest BCUT2D eigenvalue weighted by molar-refractivity contribution is 0.244. The van der Waals surface area contributed by atoms with Crippen molar-refractivity contribution in [3.05, 3.63) is 0 Å². The van der Waals surface area contributed by atoms with Crippen LogP contribution in [0, 0.1) is 28.1 Å². The van der Waals surface area contributed by atoms with Gasteiger partial charge in [0.1, 0.15) is 0 Å². The standard InChI is InChI=1S/C11H17N3/c1-2-8-14(9-7-13)10-11(3-4-11)5-6-12/h2-5,8-10H2,1H3. The highest BCUT2D eigenvalue weighted by Crippen LogP contribution is 2.49. The first-order valence-electron chi connectivity index (χ1n) is 5.22. The van der Waals surface area contributed by atoms with Crippen molar-refractivity contribution >= 4 is 0 Å². The highest BCUT2D eigenvalue weighted by molar-refractivity contribution is 5.01. The zero-order chi connectivity index (χ0) is 10.4. The fourth-order valence-electron chi connectivity index (χ4n) is 1.84. The van der Waals surface area contributed by atoms with Crippen molar-refractivity contribution in [2.45, 2.75) is 32.6 Å². The molecule has 0 aromatic carbocycles. The Kier molecular flexibility index (Phi) is 3.92. The lowest BCUT2D eigenvalue weighted by atomic mass is 10.0. The van der Waals surface area contributed by atoms with Crippen LogP contribution in [0.3, 0.4) is 0 Å². The van der Waals surface area contributed by atoms with Crippen LogP contribution in [0.1, 0.15) is 32.6 Å². The summed E-state index contributed by atoms with van der Waals surface area (Å²) in [4.78, 5) is 2.17. The van der Waals surface area contributed by atoms with Crippen LogP contribution in [-0.4, -0.2) is 24.5 Å². The maximum Gasteiger partial charge on any atom is 0.0866 e. The molecule has 0 atom stereocenters. The predicted octanol–water partition coefficient (Wildman–Crippen LogP) is 1.92. The van der Waals surface area contributed by atoms with Gasteiger partial charge in [0.15, 0.2) is 0 Å². The molecule has 0 radical (unpaired) electrons. The van der Waals surface area contributed by atoms with Gasteiger partial charge in [-0.15, -0.1) is 0 Å². The van der Waals surface area contributed by atoms with E-state index in [2.05, 4.69) is 24.0 Å². The zero-order valence-corrected chi connectivity index (χ0v) is 8.79. The van der Waals surface area contributed by atoms with Gasteiger partial charge in [0.2, 0.25) is 0 Å². The SMILES string of the molecule is CCCN(CC#N)CC1(CC#N)CC1. The minimum atomic E-state index is 0.237. The Morgan fingerprint density at radius 2 is 2.00 bits per heavy atom. The molecule has 1 rings (SSSR count). The van der Waals surface area contributed by atoms with Crippen LogP contribution in [0.15, 0.2) is 0 Å². The Morgan fingerprint density at radius 1 is 1.29 bits per heavy atom. The zero-order valence-electron chi connectivity index (χ0n) is 8.79. The topological polar surface area (TPSA) is 50.8 Å². The van der Waals surface area contributed by atoms with Gasteiger partial charge in [0.05, 0.1) is 18.7 Å². The Hall–Kier alpha value is -1.06. The lowest BCUT2D eigenvalue weighted by Gasteiger charge is -2.23. The number of nitrogens with zero attached hydrogens (tertiary/aromatic N) is 3. The first-order valence-corrected chi connectivity index (χ1v) is 5.22. The summed E-state index contributed by atoms with van der Waals surface area (Å²) in [5.41, 5.74) is 0.237. The van der Waals surface area contributed by atoms with Gasteiger partial charge in [-0.1, -0.05) is 6.92 Å². The normalized spacial score (nSPS) is 17.4. The van der Waals surface area contributed by atoms with Crippen LogP contribution < -0.4 is 0 Å². The van der Waals surface area contributed by atoms with Gasteiger partial charge in [0.25, 0.3) is 0 Å². The Balaban J connectivity index is 2.39. The van der Waals surface area contributed by atoms with Crippen molar-refractivity contribution in [3.8, 4) is 12.1 Å². The average molecular weight is 191 g/mol. The Labute approximate surface area is 85.9 Å². The number of rotatable bonds is 6. The molecule has 14 heavy (non-hydrogen) atoms. The summed E-state index contributed by atoms with van der Waals surface area (Å²) in [6.07, 6.45) is 4.04. The van der Waals surface area contributed by atoms with E-state index in [1.54, 1.807) is 0 Å². The lowest BCUT2D eigenvalue weighted by Crippen LogP contribution is -2.31. The molecular formula is C11H17N3. The van der Waals surface area contributed by atoms with Gasteiger partial charge in [-0.2, -0.15) is 10.5 Å². The third kappa shape index (κ3) is 3.01. The third-order valence-electron chi connectivity index (χ3n) is 2.80. The highest BCUT2D eigenvalue weighted by atomic mass is 15.1. The smallest absolute Gasteiger partial charge is 0.0866 e. The summed E-state index contributed by atoms with van der Waals surface area (Å²) < 4.78 is 0. The second-order valence-electron chi connectivity index (χ2n) is 4.20. The second kappa shape index (κ2) is 4.98. The van der Waals surface area contributed by atoms with E-state index in [4.69, 9.17) is 10.5 Å². The second-order valence-corrected chi connectivity index (χ2v) is 4.20. The molecule has 1 fully saturated rings. The monoisotopic (exact) mass is 191 g/mol. The highest BCUT2D eigenvalue weighted by Gasteiger charge is 2.43. The molecule has 0 amide bonds. The van der Waals surface area contributed by atoms with Crippen LogP contribution >= 0.6 is 0 Å². The van der Waals surface area contributed by atoms with Gasteiger partial charge >= 0.3 is 0 Å². The summed E-state index contributed by atoms with van der Waals surface area (Å²) in [5, 5.41) is 17.3. The Morgan fingerprint density at radius 3 is 2.43 bits per heavy atom. The summed E-state index contributed by atoms with van der Waals surface area (Å²) in [7, 11) is 0. The van der Waals surface area contributed by atoms with Gasteiger partial charge in [-0.3, -0.25) is 4.90 Å². The van der Waals surface area contributed by atoms with Crippen molar-refractivity contribution in [1.29, 1.82) is 10.5 Å². The number of hydrogen-bond acceptors (Lipinski definition) is 3. The molecule has 0 aliphatic heterocycles. The summed E-state index contributed by atoms with van der Waals surface area (Å²) >= 11 is 0. The van der Waals surface area contributed by atoms with Crippen molar-refractivity contribution in [2.75, 3.05) is 19.6 Å². The van der Waals surface area contributed by atoms with Crippen molar-refractivity contribution in [3.63, 3.8) is 0 Å². The van der Waals surface area contributed by atoms with Gasteiger partial charge in [-0.25, -0.2) is 0 Å². The molecule has 0 spiro atoms. The fraction of sp³-hybridized carbons (Fsp3) is 0.818. The van der Waals surface area contributed by atoms with E-state index in [1.165, 1.54) is 0 Å². The van der Waals surface area contributed by atoms with E-state index >= 15 is 0 Å². The van der Waals surface area contributed by atoms with Crippen molar-refractivity contribution in [2.24, 2.45) is 5.41 Å². The van der Waals surface area contributed by atoms with Crippen LogP contribution in [-0.2, 0) is 0 Å². The van der Waals surface area contributed by atoms with E-state index < -0.39 is 0 Å². The molecule has 1 saturated carbocycles. The van der Waals surface area contributed by atoms with Crippen molar-refractivity contribution in [1.82, 2.24) is 4.90 Å². The van der Waals surface area contributed by atoms with E-state index in [-0.39, 0.29) is 5.41 Å². The molecule has 3 heteroatoms. The van der Waals surface area contributed by atoms with Gasteiger partial charge in [-0.05, 0) is 31.2 Å². The van der Waals surface area contributed by atoms with Crippen LogP contribution in [0.5, 0.6) is 0 Å². The molecule has 0 unspecified atom stereocenters. The summed E-state index contributed by atoms with van der Waals surface area (Å²) in [6.45, 7) is 4.53.